The third-order valence-electron chi connectivity index (χ3n) is 5.83. The van der Waals surface area contributed by atoms with E-state index in [9.17, 15) is 4.79 Å². The number of nitrogens with zero attached hydrogens (tertiary/aromatic N) is 1. The van der Waals surface area contributed by atoms with Gasteiger partial charge in [-0.1, -0.05) is 68.3 Å². The second kappa shape index (κ2) is 12.0. The molecule has 0 aliphatic carbocycles. The van der Waals surface area contributed by atoms with Gasteiger partial charge in [0, 0.05) is 39.5 Å². The van der Waals surface area contributed by atoms with Crippen LogP contribution in [0.25, 0.3) is 0 Å². The quantitative estimate of drug-likeness (QED) is 0.243. The van der Waals surface area contributed by atoms with Gasteiger partial charge in [-0.3, -0.25) is 9.63 Å². The summed E-state index contributed by atoms with van der Waals surface area (Å²) in [4.78, 5) is 23.6. The highest BCUT2D eigenvalue weighted by Gasteiger charge is 2.54. The summed E-state index contributed by atoms with van der Waals surface area (Å²) < 4.78 is 13.8. The van der Waals surface area contributed by atoms with E-state index in [1.807, 2.05) is 72.8 Å². The molecule has 0 saturated heterocycles. The Labute approximate surface area is 226 Å². The molecule has 0 aromatic heterocycles. The fraction of sp³-hybridized carbons (Fsp3) is 0.259. The average molecular weight is 618 g/mol. The Morgan fingerprint density at radius 3 is 2.42 bits per heavy atom. The molecule has 9 heteroatoms. The van der Waals surface area contributed by atoms with E-state index in [-0.39, 0.29) is 13.0 Å². The summed E-state index contributed by atoms with van der Waals surface area (Å²) in [6.45, 7) is 0.492. The van der Waals surface area contributed by atoms with Gasteiger partial charge >= 0.3 is 0 Å². The molecule has 7 nitrogen and oxygen atoms in total. The van der Waals surface area contributed by atoms with Gasteiger partial charge in [0.1, 0.15) is 5.75 Å². The summed E-state index contributed by atoms with van der Waals surface area (Å²) >= 11 is 7.23. The van der Waals surface area contributed by atoms with Crippen LogP contribution in [0.5, 0.6) is 5.75 Å². The number of benzene rings is 3. The lowest BCUT2D eigenvalue weighted by Gasteiger charge is -2.31. The second-order valence-corrected chi connectivity index (χ2v) is 9.92. The zero-order valence-electron chi connectivity index (χ0n) is 19.6. The highest BCUT2D eigenvalue weighted by molar-refractivity contribution is 9.10. The first kappa shape index (κ1) is 26.3. The predicted octanol–water partition coefficient (Wildman–Crippen LogP) is 5.15. The van der Waals surface area contributed by atoms with Gasteiger partial charge in [0.25, 0.3) is 5.91 Å². The molecule has 4 rings (SSSR count). The van der Waals surface area contributed by atoms with Gasteiger partial charge < -0.3 is 14.6 Å². The molecule has 3 aromatic carbocycles. The van der Waals surface area contributed by atoms with E-state index < -0.39 is 17.6 Å². The van der Waals surface area contributed by atoms with Crippen molar-refractivity contribution in [3.8, 4) is 5.75 Å². The van der Waals surface area contributed by atoms with E-state index in [1.54, 1.807) is 0 Å². The van der Waals surface area contributed by atoms with E-state index in [2.05, 4.69) is 37.3 Å². The minimum Gasteiger partial charge on any atom is -0.494 e. The van der Waals surface area contributed by atoms with Crippen LogP contribution < -0.4 is 10.2 Å². The highest BCUT2D eigenvalue weighted by atomic mass is 79.9. The van der Waals surface area contributed by atoms with Crippen LogP contribution in [-0.4, -0.2) is 42.8 Å². The first-order valence-corrected chi connectivity index (χ1v) is 13.0. The van der Waals surface area contributed by atoms with Crippen molar-refractivity contribution in [3.63, 3.8) is 0 Å². The number of hydrogen-bond acceptors (Lipinski definition) is 6. The first-order valence-electron chi connectivity index (χ1n) is 11.4. The molecular weight excluding hydrogens is 592 g/mol. The van der Waals surface area contributed by atoms with Crippen LogP contribution in [0.15, 0.2) is 86.7 Å². The summed E-state index contributed by atoms with van der Waals surface area (Å²) in [5.41, 5.74) is 3.55. The smallest absolute Gasteiger partial charge is 0.276 e. The molecule has 0 bridgehead atoms. The van der Waals surface area contributed by atoms with Crippen molar-refractivity contribution in [2.45, 2.75) is 24.5 Å². The van der Waals surface area contributed by atoms with Gasteiger partial charge in [-0.05, 0) is 42.0 Å². The van der Waals surface area contributed by atoms with Crippen molar-refractivity contribution in [3.05, 3.63) is 98.4 Å². The summed E-state index contributed by atoms with van der Waals surface area (Å²) in [6.07, 6.45) is 0.0876. The van der Waals surface area contributed by atoms with Gasteiger partial charge in [0.15, 0.2) is 11.6 Å². The standard InChI is InChI=1S/C27H26Br2N2O5/c1-34-31-26(33)27(17-19-7-2-4-9-22(19)28)24(21-8-3-5-10-23(21)29)36-25(30-27)18-11-13-20(14-12-18)35-16-6-15-32/h2-5,7-14,24,32H,6,15-17H2,1H3,(H,31,33)/t24-,27-/m0/s1. The summed E-state index contributed by atoms with van der Waals surface area (Å²) in [6, 6.07) is 22.7. The molecule has 1 amide bonds. The number of aliphatic hydroxyl groups is 1. The lowest BCUT2D eigenvalue weighted by molar-refractivity contribution is -0.139. The number of halogens is 2. The normalized spacial score (nSPS) is 18.9. The Kier molecular flexibility index (Phi) is 8.79. The molecular formula is C27H26Br2N2O5. The Balaban J connectivity index is 1.79. The number of carbonyl (C=O) groups is 1. The Hall–Kier alpha value is -2.72. The summed E-state index contributed by atoms with van der Waals surface area (Å²) in [5.74, 6) is 0.598. The van der Waals surface area contributed by atoms with Crippen LogP contribution in [0.4, 0.5) is 0 Å². The molecule has 36 heavy (non-hydrogen) atoms. The van der Waals surface area contributed by atoms with E-state index in [1.165, 1.54) is 7.11 Å². The maximum absolute atomic E-state index is 13.7. The zero-order valence-corrected chi connectivity index (χ0v) is 22.8. The van der Waals surface area contributed by atoms with Crippen molar-refractivity contribution >= 4 is 43.7 Å². The van der Waals surface area contributed by atoms with E-state index in [0.717, 1.165) is 20.1 Å². The number of aliphatic imine (C=N–C) groups is 1. The van der Waals surface area contributed by atoms with Crippen LogP contribution >= 0.6 is 31.9 Å². The first-order chi connectivity index (χ1) is 17.5. The molecule has 1 heterocycles. The van der Waals surface area contributed by atoms with Crippen molar-refractivity contribution in [1.29, 1.82) is 0 Å². The number of nitrogens with one attached hydrogen (secondary N) is 1. The lowest BCUT2D eigenvalue weighted by Crippen LogP contribution is -2.49. The van der Waals surface area contributed by atoms with Crippen molar-refractivity contribution in [2.24, 2.45) is 4.99 Å². The number of ether oxygens (including phenoxy) is 2. The molecule has 0 spiro atoms. The van der Waals surface area contributed by atoms with E-state index >= 15 is 0 Å². The molecule has 1 aliphatic rings. The van der Waals surface area contributed by atoms with Gasteiger partial charge in [-0.15, -0.1) is 0 Å². The monoisotopic (exact) mass is 616 g/mol. The van der Waals surface area contributed by atoms with Crippen LogP contribution in [0, 0.1) is 0 Å². The topological polar surface area (TPSA) is 89.4 Å². The number of hydroxylamine groups is 1. The van der Waals surface area contributed by atoms with E-state index in [0.29, 0.717) is 30.2 Å². The molecule has 0 fully saturated rings. The van der Waals surface area contributed by atoms with Crippen LogP contribution in [0.2, 0.25) is 0 Å². The lowest BCUT2D eigenvalue weighted by atomic mass is 9.82. The fourth-order valence-electron chi connectivity index (χ4n) is 4.06. The molecule has 0 radical (unpaired) electrons. The molecule has 2 N–H and O–H groups in total. The molecule has 1 aliphatic heterocycles. The largest absolute Gasteiger partial charge is 0.494 e. The number of aliphatic hydroxyl groups excluding tert-OH is 1. The number of carbonyl (C=O) groups excluding carboxylic acids is 1. The second-order valence-electron chi connectivity index (χ2n) is 8.21. The number of rotatable bonds is 10. The third-order valence-corrected chi connectivity index (χ3v) is 7.33. The van der Waals surface area contributed by atoms with Crippen LogP contribution in [0.1, 0.15) is 29.2 Å². The maximum atomic E-state index is 13.7. The SMILES string of the molecule is CONC(=O)[C@@]1(Cc2ccccc2Br)N=C(c2ccc(OCCCO)cc2)O[C@H]1c1ccccc1Br. The molecule has 3 aromatic rings. The van der Waals surface area contributed by atoms with Crippen molar-refractivity contribution in [2.75, 3.05) is 20.3 Å². The summed E-state index contributed by atoms with van der Waals surface area (Å²) in [7, 11) is 1.40. The van der Waals surface area contributed by atoms with E-state index in [4.69, 9.17) is 24.4 Å². The molecule has 0 unspecified atom stereocenters. The average Bonchev–Trinajstić information content (AvgIpc) is 3.27. The van der Waals surface area contributed by atoms with Gasteiger partial charge in [0.2, 0.25) is 5.90 Å². The molecule has 188 valence electrons. The maximum Gasteiger partial charge on any atom is 0.276 e. The zero-order chi connectivity index (χ0) is 25.5. The van der Waals surface area contributed by atoms with Gasteiger partial charge in [-0.25, -0.2) is 10.5 Å². The fourth-order valence-corrected chi connectivity index (χ4v) is 4.98. The minimum absolute atomic E-state index is 0.0717. The number of hydrogen-bond donors (Lipinski definition) is 2. The van der Waals surface area contributed by atoms with Gasteiger partial charge in [-0.2, -0.15) is 0 Å². The van der Waals surface area contributed by atoms with Crippen molar-refractivity contribution in [1.82, 2.24) is 5.48 Å². The minimum atomic E-state index is -1.35. The predicted molar refractivity (Wildman–Crippen MR) is 144 cm³/mol. The van der Waals surface area contributed by atoms with Crippen molar-refractivity contribution < 1.29 is 24.2 Å². The van der Waals surface area contributed by atoms with Crippen LogP contribution in [-0.2, 0) is 20.8 Å². The molecule has 0 saturated carbocycles. The Morgan fingerprint density at radius 1 is 1.06 bits per heavy atom. The highest BCUT2D eigenvalue weighted by Crippen LogP contribution is 2.45. The third kappa shape index (κ3) is 5.64. The van der Waals surface area contributed by atoms with Crippen LogP contribution in [0.3, 0.4) is 0 Å². The summed E-state index contributed by atoms with van der Waals surface area (Å²) in [5, 5.41) is 8.97. The van der Waals surface area contributed by atoms with Gasteiger partial charge in [0.05, 0.1) is 13.7 Å². The number of amides is 1. The Bertz CT molecular complexity index is 1230. The Morgan fingerprint density at radius 2 is 1.75 bits per heavy atom. The molecule has 2 atom stereocenters.